The maximum Gasteiger partial charge on any atom is 0.277 e. The van der Waals surface area contributed by atoms with Gasteiger partial charge in [-0.1, -0.05) is 19.1 Å². The molecule has 186 valence electrons. The van der Waals surface area contributed by atoms with Crippen molar-refractivity contribution in [3.63, 3.8) is 0 Å². The number of nitrogens with zero attached hydrogens (tertiary/aromatic N) is 4. The van der Waals surface area contributed by atoms with Gasteiger partial charge in [0.1, 0.15) is 5.75 Å². The molecule has 8 nitrogen and oxygen atoms in total. The van der Waals surface area contributed by atoms with Crippen LogP contribution in [0.3, 0.4) is 0 Å². The van der Waals surface area contributed by atoms with E-state index in [0.717, 1.165) is 0 Å². The predicted octanol–water partition coefficient (Wildman–Crippen LogP) is 5.62. The van der Waals surface area contributed by atoms with E-state index in [1.54, 1.807) is 44.5 Å². The molecule has 0 aliphatic heterocycles. The first-order valence-corrected chi connectivity index (χ1v) is 11.2. The maximum absolute atomic E-state index is 14.1. The SMILES string of the molecule is CCC(F)(F)c1cccc(NC(=O)c2c(C)nc(-c3ccc(OC)c(-c4cccnn4)c3C)n2O)c1. The van der Waals surface area contributed by atoms with Gasteiger partial charge in [-0.3, -0.25) is 4.79 Å². The fourth-order valence-electron chi connectivity index (χ4n) is 4.02. The molecule has 0 fully saturated rings. The molecule has 4 rings (SSSR count). The molecule has 0 saturated heterocycles. The Morgan fingerprint density at radius 2 is 1.94 bits per heavy atom. The summed E-state index contributed by atoms with van der Waals surface area (Å²) in [6.45, 7) is 4.79. The average Bonchev–Trinajstić information content (AvgIpc) is 3.17. The van der Waals surface area contributed by atoms with Gasteiger partial charge in [-0.2, -0.15) is 14.9 Å². The molecule has 0 aliphatic rings. The van der Waals surface area contributed by atoms with Gasteiger partial charge in [-0.05, 0) is 55.8 Å². The molecular formula is C26H25F2N5O3. The highest BCUT2D eigenvalue weighted by Crippen LogP contribution is 2.38. The van der Waals surface area contributed by atoms with Gasteiger partial charge < -0.3 is 15.3 Å². The quantitative estimate of drug-likeness (QED) is 0.324. The Hall–Kier alpha value is -4.34. The fraction of sp³-hybridized carbons (Fsp3) is 0.231. The number of carbonyl (C=O) groups is 1. The Balaban J connectivity index is 1.72. The second-order valence-electron chi connectivity index (χ2n) is 8.20. The molecule has 0 unspecified atom stereocenters. The first-order valence-electron chi connectivity index (χ1n) is 11.2. The van der Waals surface area contributed by atoms with Crippen LogP contribution in [0.15, 0.2) is 54.7 Å². The third-order valence-corrected chi connectivity index (χ3v) is 5.95. The third-order valence-electron chi connectivity index (χ3n) is 5.95. The highest BCUT2D eigenvalue weighted by Gasteiger charge is 2.29. The maximum atomic E-state index is 14.1. The number of anilines is 1. The minimum atomic E-state index is -3.02. The first-order chi connectivity index (χ1) is 17.2. The number of carbonyl (C=O) groups excluding carboxylic acids is 1. The van der Waals surface area contributed by atoms with Crippen molar-refractivity contribution in [3.8, 4) is 28.4 Å². The van der Waals surface area contributed by atoms with E-state index in [4.69, 9.17) is 4.74 Å². The average molecular weight is 494 g/mol. The second-order valence-corrected chi connectivity index (χ2v) is 8.20. The number of amides is 1. The fourth-order valence-corrected chi connectivity index (χ4v) is 4.02. The molecule has 4 aromatic rings. The summed E-state index contributed by atoms with van der Waals surface area (Å²) < 4.78 is 34.4. The lowest BCUT2D eigenvalue weighted by Gasteiger charge is -2.16. The normalized spacial score (nSPS) is 11.4. The molecule has 2 aromatic heterocycles. The molecule has 36 heavy (non-hydrogen) atoms. The lowest BCUT2D eigenvalue weighted by Crippen LogP contribution is -2.18. The summed E-state index contributed by atoms with van der Waals surface area (Å²) in [5.41, 5.74) is 2.61. The van der Waals surface area contributed by atoms with Crippen LogP contribution in [-0.2, 0) is 5.92 Å². The van der Waals surface area contributed by atoms with Gasteiger partial charge in [-0.15, -0.1) is 0 Å². The number of aryl methyl sites for hydroxylation is 1. The van der Waals surface area contributed by atoms with Crippen molar-refractivity contribution >= 4 is 11.6 Å². The number of hydrogen-bond acceptors (Lipinski definition) is 6. The minimum absolute atomic E-state index is 0.117. The van der Waals surface area contributed by atoms with Crippen LogP contribution < -0.4 is 10.1 Å². The van der Waals surface area contributed by atoms with Crippen molar-refractivity contribution in [1.82, 2.24) is 19.9 Å². The zero-order chi connectivity index (χ0) is 26.0. The molecule has 10 heteroatoms. The first kappa shape index (κ1) is 24.8. The van der Waals surface area contributed by atoms with E-state index in [1.807, 2.05) is 6.92 Å². The van der Waals surface area contributed by atoms with E-state index in [9.17, 15) is 18.8 Å². The van der Waals surface area contributed by atoms with E-state index in [-0.39, 0.29) is 34.9 Å². The van der Waals surface area contributed by atoms with E-state index >= 15 is 0 Å². The summed E-state index contributed by atoms with van der Waals surface area (Å²) in [6.07, 6.45) is 1.19. The Labute approximate surface area is 206 Å². The zero-order valence-electron chi connectivity index (χ0n) is 20.2. The smallest absolute Gasteiger partial charge is 0.277 e. The van der Waals surface area contributed by atoms with Crippen LogP contribution in [0.25, 0.3) is 22.6 Å². The highest BCUT2D eigenvalue weighted by molar-refractivity contribution is 6.04. The predicted molar refractivity (Wildman–Crippen MR) is 130 cm³/mol. The molecule has 2 heterocycles. The topological polar surface area (TPSA) is 102 Å². The zero-order valence-corrected chi connectivity index (χ0v) is 20.2. The summed E-state index contributed by atoms with van der Waals surface area (Å²) in [5.74, 6) is -3.01. The monoisotopic (exact) mass is 493 g/mol. The van der Waals surface area contributed by atoms with Crippen molar-refractivity contribution in [2.45, 2.75) is 33.1 Å². The van der Waals surface area contributed by atoms with Gasteiger partial charge in [0.05, 0.1) is 18.5 Å². The number of imidazole rings is 1. The minimum Gasteiger partial charge on any atom is -0.496 e. The summed E-state index contributed by atoms with van der Waals surface area (Å²) >= 11 is 0. The molecule has 0 spiro atoms. The van der Waals surface area contributed by atoms with Gasteiger partial charge in [0.2, 0.25) is 0 Å². The van der Waals surface area contributed by atoms with Gasteiger partial charge in [0, 0.05) is 35.0 Å². The van der Waals surface area contributed by atoms with Gasteiger partial charge in [-0.25, -0.2) is 13.8 Å². The van der Waals surface area contributed by atoms with E-state index in [1.165, 1.54) is 31.2 Å². The largest absolute Gasteiger partial charge is 0.496 e. The van der Waals surface area contributed by atoms with E-state index < -0.39 is 11.8 Å². The highest BCUT2D eigenvalue weighted by atomic mass is 19.3. The van der Waals surface area contributed by atoms with Crippen LogP contribution in [0.1, 0.15) is 40.7 Å². The second kappa shape index (κ2) is 9.73. The number of rotatable bonds is 7. The summed E-state index contributed by atoms with van der Waals surface area (Å²) in [6, 6.07) is 12.4. The number of halogens is 2. The van der Waals surface area contributed by atoms with Crippen LogP contribution in [0.2, 0.25) is 0 Å². The number of ether oxygens (including phenoxy) is 1. The Morgan fingerprint density at radius 3 is 2.61 bits per heavy atom. The molecule has 2 N–H and O–H groups in total. The summed E-state index contributed by atoms with van der Waals surface area (Å²) in [4.78, 5) is 17.5. The van der Waals surface area contributed by atoms with Crippen LogP contribution in [0, 0.1) is 13.8 Å². The van der Waals surface area contributed by atoms with Crippen molar-refractivity contribution in [2.24, 2.45) is 0 Å². The molecule has 0 atom stereocenters. The molecule has 2 aromatic carbocycles. The van der Waals surface area contributed by atoms with Crippen molar-refractivity contribution in [3.05, 3.63) is 77.2 Å². The number of benzene rings is 2. The molecule has 0 aliphatic carbocycles. The molecule has 1 amide bonds. The number of hydrogen-bond donors (Lipinski definition) is 2. The lowest BCUT2D eigenvalue weighted by atomic mass is 9.98. The number of methoxy groups -OCH3 is 1. The Kier molecular flexibility index (Phi) is 6.69. The standard InChI is InChI=1S/C26H25F2N5O3/c1-5-26(27,28)17-8-6-9-18(14-17)31-25(34)23-16(3)30-24(33(23)35)19-11-12-21(36-4)22(15(19)2)20-10-7-13-29-32-20/h6-14,35H,5H2,1-4H3,(H,31,34). The van der Waals surface area contributed by atoms with Crippen LogP contribution in [-0.4, -0.2) is 38.1 Å². The van der Waals surface area contributed by atoms with Crippen LogP contribution >= 0.6 is 0 Å². The van der Waals surface area contributed by atoms with Crippen LogP contribution in [0.5, 0.6) is 5.75 Å². The summed E-state index contributed by atoms with van der Waals surface area (Å²) in [5, 5.41) is 21.6. The molecule has 0 saturated carbocycles. The van der Waals surface area contributed by atoms with Gasteiger partial charge >= 0.3 is 0 Å². The van der Waals surface area contributed by atoms with Gasteiger partial charge in [0.15, 0.2) is 11.5 Å². The summed E-state index contributed by atoms with van der Waals surface area (Å²) in [7, 11) is 1.54. The number of aromatic nitrogens is 4. The van der Waals surface area contributed by atoms with Crippen molar-refractivity contribution in [2.75, 3.05) is 12.4 Å². The molecule has 0 bridgehead atoms. The number of nitrogens with one attached hydrogen (secondary N) is 1. The van der Waals surface area contributed by atoms with Crippen molar-refractivity contribution < 1.29 is 23.5 Å². The lowest BCUT2D eigenvalue weighted by molar-refractivity contribution is -0.00824. The van der Waals surface area contributed by atoms with Gasteiger partial charge in [0.25, 0.3) is 11.8 Å². The Bertz CT molecular complexity index is 1420. The van der Waals surface area contributed by atoms with E-state index in [2.05, 4.69) is 20.5 Å². The van der Waals surface area contributed by atoms with Crippen LogP contribution in [0.4, 0.5) is 14.5 Å². The third kappa shape index (κ3) is 4.49. The van der Waals surface area contributed by atoms with Crippen molar-refractivity contribution in [1.29, 1.82) is 0 Å². The van der Waals surface area contributed by atoms with E-state index in [0.29, 0.717) is 32.9 Å². The molecular weight excluding hydrogens is 468 g/mol. The Morgan fingerprint density at radius 1 is 1.17 bits per heavy atom. The number of alkyl halides is 2. The molecule has 0 radical (unpaired) electrons.